The van der Waals surface area contributed by atoms with Crippen molar-refractivity contribution in [2.45, 2.75) is 44.2 Å². The third-order valence-electron chi connectivity index (χ3n) is 7.53. The van der Waals surface area contributed by atoms with Crippen LogP contribution in [0.4, 0.5) is 0 Å². The van der Waals surface area contributed by atoms with Crippen LogP contribution in [0, 0.1) is 0 Å². The number of amides is 2. The molecule has 2 heterocycles. The highest BCUT2D eigenvalue weighted by Gasteiger charge is 2.32. The summed E-state index contributed by atoms with van der Waals surface area (Å²) in [6.45, 7) is 8.01. The lowest BCUT2D eigenvalue weighted by Gasteiger charge is -2.31. The molecule has 0 aromatic heterocycles. The Morgan fingerprint density at radius 2 is 1.87 bits per heavy atom. The van der Waals surface area contributed by atoms with E-state index in [1.807, 2.05) is 11.0 Å². The zero-order valence-corrected chi connectivity index (χ0v) is 23.5. The summed E-state index contributed by atoms with van der Waals surface area (Å²) in [6, 6.07) is 15.0. The van der Waals surface area contributed by atoms with Gasteiger partial charge in [0.15, 0.2) is 0 Å². The van der Waals surface area contributed by atoms with Crippen molar-refractivity contribution in [3.63, 3.8) is 0 Å². The Balaban J connectivity index is 1.43. The van der Waals surface area contributed by atoms with Gasteiger partial charge in [0.1, 0.15) is 0 Å². The van der Waals surface area contributed by atoms with E-state index in [0.717, 1.165) is 45.7 Å². The number of benzene rings is 2. The van der Waals surface area contributed by atoms with E-state index in [9.17, 15) is 9.59 Å². The first-order valence-electron chi connectivity index (χ1n) is 13.6. The summed E-state index contributed by atoms with van der Waals surface area (Å²) < 4.78 is 5.48. The minimum absolute atomic E-state index is 0.0258. The number of morpholine rings is 1. The number of carbonyl (C=O) groups is 2. The van der Waals surface area contributed by atoms with E-state index in [-0.39, 0.29) is 29.8 Å². The molecule has 206 valence electrons. The standard InChI is InChI=1S/C29H38Cl2N4O3/c1-2-21(22-6-4-3-5-7-22)20-35-13-10-24(19-32-28(36)23-8-9-25(30)26(31)18-23)33-27(29(35)37)11-12-34-14-16-38-17-15-34/h3-9,18,21,24,27,33H,2,10-17,19-20H2,1H3,(H,32,36)/t21-,24+,27+/m1/s1. The van der Waals surface area contributed by atoms with Crippen molar-refractivity contribution in [3.8, 4) is 0 Å². The summed E-state index contributed by atoms with van der Waals surface area (Å²) in [6.07, 6.45) is 2.43. The summed E-state index contributed by atoms with van der Waals surface area (Å²) in [7, 11) is 0. The highest BCUT2D eigenvalue weighted by atomic mass is 35.5. The molecular weight excluding hydrogens is 523 g/mol. The first kappa shape index (κ1) is 28.8. The molecule has 9 heteroatoms. The number of nitrogens with zero attached hydrogens (tertiary/aromatic N) is 2. The first-order valence-corrected chi connectivity index (χ1v) is 14.3. The maximum atomic E-state index is 13.8. The molecular formula is C29H38Cl2N4O3. The van der Waals surface area contributed by atoms with Crippen LogP contribution in [0.2, 0.25) is 10.0 Å². The molecule has 0 saturated carbocycles. The normalized spacial score (nSPS) is 21.7. The van der Waals surface area contributed by atoms with Crippen LogP contribution in [0.15, 0.2) is 48.5 Å². The molecule has 0 spiro atoms. The fourth-order valence-corrected chi connectivity index (χ4v) is 5.48. The molecule has 38 heavy (non-hydrogen) atoms. The van der Waals surface area contributed by atoms with E-state index in [4.69, 9.17) is 27.9 Å². The molecule has 2 fully saturated rings. The van der Waals surface area contributed by atoms with Crippen molar-refractivity contribution in [3.05, 3.63) is 69.7 Å². The Morgan fingerprint density at radius 1 is 1.11 bits per heavy atom. The summed E-state index contributed by atoms with van der Waals surface area (Å²) in [4.78, 5) is 30.9. The second kappa shape index (κ2) is 14.3. The van der Waals surface area contributed by atoms with Crippen molar-refractivity contribution >= 4 is 35.0 Å². The molecule has 0 radical (unpaired) electrons. The molecule has 0 bridgehead atoms. The zero-order valence-electron chi connectivity index (χ0n) is 22.0. The summed E-state index contributed by atoms with van der Waals surface area (Å²) in [5.41, 5.74) is 1.72. The number of ether oxygens (including phenoxy) is 1. The largest absolute Gasteiger partial charge is 0.379 e. The van der Waals surface area contributed by atoms with Gasteiger partial charge < -0.3 is 20.3 Å². The predicted octanol–water partition coefficient (Wildman–Crippen LogP) is 4.20. The molecule has 7 nitrogen and oxygen atoms in total. The van der Waals surface area contributed by atoms with Crippen LogP contribution in [0.25, 0.3) is 0 Å². The van der Waals surface area contributed by atoms with Gasteiger partial charge >= 0.3 is 0 Å². The Morgan fingerprint density at radius 3 is 2.58 bits per heavy atom. The van der Waals surface area contributed by atoms with E-state index in [1.54, 1.807) is 18.2 Å². The van der Waals surface area contributed by atoms with E-state index >= 15 is 0 Å². The molecule has 2 aromatic carbocycles. The van der Waals surface area contributed by atoms with Gasteiger partial charge in [-0.05, 0) is 43.0 Å². The maximum Gasteiger partial charge on any atom is 0.251 e. The molecule has 3 atom stereocenters. The summed E-state index contributed by atoms with van der Waals surface area (Å²) in [5, 5.41) is 7.36. The van der Waals surface area contributed by atoms with Gasteiger partial charge in [-0.1, -0.05) is 60.5 Å². The van der Waals surface area contributed by atoms with Gasteiger partial charge in [0.25, 0.3) is 5.91 Å². The highest BCUT2D eigenvalue weighted by molar-refractivity contribution is 6.42. The monoisotopic (exact) mass is 560 g/mol. The van der Waals surface area contributed by atoms with E-state index < -0.39 is 0 Å². The Hall–Kier alpha value is -2.16. The number of hydrogen-bond acceptors (Lipinski definition) is 5. The molecule has 2 N–H and O–H groups in total. The van der Waals surface area contributed by atoms with Crippen molar-refractivity contribution in [2.75, 3.05) is 52.5 Å². The van der Waals surface area contributed by atoms with Gasteiger partial charge in [-0.25, -0.2) is 0 Å². The Labute approximate surface area is 235 Å². The van der Waals surface area contributed by atoms with Crippen LogP contribution >= 0.6 is 23.2 Å². The lowest BCUT2D eigenvalue weighted by atomic mass is 9.95. The molecule has 0 aliphatic carbocycles. The van der Waals surface area contributed by atoms with Crippen LogP contribution in [0.1, 0.15) is 48.0 Å². The highest BCUT2D eigenvalue weighted by Crippen LogP contribution is 2.24. The second-order valence-corrected chi connectivity index (χ2v) is 10.9. The first-order chi connectivity index (χ1) is 18.4. The Bertz CT molecular complexity index is 1070. The smallest absolute Gasteiger partial charge is 0.251 e. The fourth-order valence-electron chi connectivity index (χ4n) is 5.18. The number of rotatable bonds is 10. The van der Waals surface area contributed by atoms with Crippen LogP contribution in [0.5, 0.6) is 0 Å². The van der Waals surface area contributed by atoms with E-state index in [2.05, 4.69) is 46.7 Å². The SMILES string of the molecule is CC[C@H](CN1CC[C@@H](CNC(=O)c2ccc(Cl)c(Cl)c2)N[C@@H](CCN2CCOCC2)C1=O)c1ccccc1. The third-order valence-corrected chi connectivity index (χ3v) is 8.27. The van der Waals surface area contributed by atoms with Gasteiger partial charge in [-0.15, -0.1) is 0 Å². The lowest BCUT2D eigenvalue weighted by molar-refractivity contribution is -0.133. The molecule has 2 aromatic rings. The van der Waals surface area contributed by atoms with Gasteiger partial charge in [-0.2, -0.15) is 0 Å². The van der Waals surface area contributed by atoms with Crippen molar-refractivity contribution in [1.82, 2.24) is 20.4 Å². The molecule has 2 aliphatic heterocycles. The summed E-state index contributed by atoms with van der Waals surface area (Å²) in [5.74, 6) is 0.217. The van der Waals surface area contributed by atoms with Crippen LogP contribution < -0.4 is 10.6 Å². The van der Waals surface area contributed by atoms with Gasteiger partial charge in [-0.3, -0.25) is 14.5 Å². The maximum absolute atomic E-state index is 13.8. The summed E-state index contributed by atoms with van der Waals surface area (Å²) >= 11 is 12.1. The molecule has 2 saturated heterocycles. The molecule has 0 unspecified atom stereocenters. The minimum Gasteiger partial charge on any atom is -0.379 e. The number of nitrogens with one attached hydrogen (secondary N) is 2. The van der Waals surface area contributed by atoms with Gasteiger partial charge in [0.2, 0.25) is 5.91 Å². The fraction of sp³-hybridized carbons (Fsp3) is 0.517. The van der Waals surface area contributed by atoms with Crippen molar-refractivity contribution in [1.29, 1.82) is 0 Å². The van der Waals surface area contributed by atoms with Crippen LogP contribution in [-0.2, 0) is 9.53 Å². The number of hydrogen-bond donors (Lipinski definition) is 2. The zero-order chi connectivity index (χ0) is 26.9. The number of halogens is 2. The van der Waals surface area contributed by atoms with Gasteiger partial charge in [0, 0.05) is 56.8 Å². The quantitative estimate of drug-likeness (QED) is 0.455. The molecule has 2 amide bonds. The third kappa shape index (κ3) is 7.93. The lowest BCUT2D eigenvalue weighted by Crippen LogP contribution is -2.50. The Kier molecular flexibility index (Phi) is 10.8. The topological polar surface area (TPSA) is 73.9 Å². The van der Waals surface area contributed by atoms with Crippen LogP contribution in [-0.4, -0.2) is 86.2 Å². The molecule has 2 aliphatic rings. The minimum atomic E-state index is -0.305. The van der Waals surface area contributed by atoms with Crippen molar-refractivity contribution in [2.24, 2.45) is 0 Å². The van der Waals surface area contributed by atoms with E-state index in [1.165, 1.54) is 5.56 Å². The van der Waals surface area contributed by atoms with Gasteiger partial charge in [0.05, 0.1) is 29.3 Å². The van der Waals surface area contributed by atoms with Crippen molar-refractivity contribution < 1.29 is 14.3 Å². The van der Waals surface area contributed by atoms with Crippen LogP contribution in [0.3, 0.4) is 0 Å². The molecule has 4 rings (SSSR count). The average Bonchev–Trinajstić information content (AvgIpc) is 3.09. The second-order valence-electron chi connectivity index (χ2n) is 10.1. The average molecular weight is 562 g/mol. The number of carbonyl (C=O) groups excluding carboxylic acids is 2. The van der Waals surface area contributed by atoms with E-state index in [0.29, 0.717) is 41.7 Å². The predicted molar refractivity (Wildman–Crippen MR) is 152 cm³/mol.